The quantitative estimate of drug-likeness (QED) is 0.528. The number of aromatic amines is 1. The molecule has 0 bridgehead atoms. The third-order valence-electron chi connectivity index (χ3n) is 5.09. The fourth-order valence-corrected chi connectivity index (χ4v) is 3.50. The molecule has 29 heavy (non-hydrogen) atoms. The van der Waals surface area contributed by atoms with E-state index in [9.17, 15) is 19.8 Å². The summed E-state index contributed by atoms with van der Waals surface area (Å²) in [5, 5.41) is 24.1. The van der Waals surface area contributed by atoms with E-state index in [0.29, 0.717) is 17.7 Å². The van der Waals surface area contributed by atoms with E-state index in [4.69, 9.17) is 0 Å². The lowest BCUT2D eigenvalue weighted by Gasteiger charge is -2.20. The molecule has 3 rings (SSSR count). The number of rotatable bonds is 5. The summed E-state index contributed by atoms with van der Waals surface area (Å²) in [6, 6.07) is 7.87. The molecule has 0 atom stereocenters. The Morgan fingerprint density at radius 1 is 1.24 bits per heavy atom. The van der Waals surface area contributed by atoms with Gasteiger partial charge in [0.15, 0.2) is 5.56 Å². The number of aryl methyl sites for hydroxylation is 1. The van der Waals surface area contributed by atoms with E-state index in [-0.39, 0.29) is 5.54 Å². The summed E-state index contributed by atoms with van der Waals surface area (Å²) in [7, 11) is 2.01. The molecule has 0 amide bonds. The maximum Gasteiger partial charge on any atom is 0.345 e. The van der Waals surface area contributed by atoms with Crippen molar-refractivity contribution < 1.29 is 15.0 Å². The molecule has 4 N–H and O–H groups in total. The van der Waals surface area contributed by atoms with Gasteiger partial charge in [-0.05, 0) is 51.0 Å². The Bertz CT molecular complexity index is 1150. The third-order valence-corrected chi connectivity index (χ3v) is 5.09. The lowest BCUT2D eigenvalue weighted by Crippen LogP contribution is -2.35. The number of aromatic carboxylic acids is 1. The number of fused-ring (bicyclic) bond motifs is 1. The molecular formula is C22H27N3O4. The molecular weight excluding hydrogens is 370 g/mol. The fourth-order valence-electron chi connectivity index (χ4n) is 3.50. The van der Waals surface area contributed by atoms with Crippen LogP contribution in [0, 0.1) is 0 Å². The number of benzene rings is 1. The summed E-state index contributed by atoms with van der Waals surface area (Å²) in [4.78, 5) is 26.2. The van der Waals surface area contributed by atoms with Crippen molar-refractivity contribution >= 4 is 16.9 Å². The van der Waals surface area contributed by atoms with Crippen LogP contribution in [0.3, 0.4) is 0 Å². The van der Waals surface area contributed by atoms with E-state index < -0.39 is 22.8 Å². The number of hydrogen-bond acceptors (Lipinski definition) is 4. The number of carbonyl (C=O) groups is 1. The zero-order valence-corrected chi connectivity index (χ0v) is 17.4. The zero-order valence-electron chi connectivity index (χ0n) is 17.4. The van der Waals surface area contributed by atoms with Gasteiger partial charge in [-0.2, -0.15) is 0 Å². The van der Waals surface area contributed by atoms with Crippen molar-refractivity contribution in [3.05, 3.63) is 51.4 Å². The minimum absolute atomic E-state index is 0.000538. The van der Waals surface area contributed by atoms with E-state index in [1.54, 1.807) is 6.92 Å². The monoisotopic (exact) mass is 397 g/mol. The van der Waals surface area contributed by atoms with Crippen LogP contribution in [0.5, 0.6) is 5.75 Å². The highest BCUT2D eigenvalue weighted by Gasteiger charge is 2.22. The number of aromatic nitrogens is 2. The molecule has 0 saturated carbocycles. The van der Waals surface area contributed by atoms with Crippen LogP contribution >= 0.6 is 0 Å². The number of carboxylic acids is 1. The molecule has 3 aromatic rings. The Labute approximate surface area is 169 Å². The van der Waals surface area contributed by atoms with Crippen LogP contribution in [-0.2, 0) is 20.0 Å². The highest BCUT2D eigenvalue weighted by atomic mass is 16.4. The number of pyridine rings is 1. The summed E-state index contributed by atoms with van der Waals surface area (Å²) >= 11 is 0. The first-order valence-electron chi connectivity index (χ1n) is 9.58. The SMILES string of the molecule is CCc1c(-c2ccc3c(c2)cc(CNC(C)(C)C)n3C)[nH]c(=O)c(C(=O)O)c1O. The summed E-state index contributed by atoms with van der Waals surface area (Å²) in [5.74, 6) is -1.92. The van der Waals surface area contributed by atoms with Crippen LogP contribution in [0.25, 0.3) is 22.2 Å². The van der Waals surface area contributed by atoms with Gasteiger partial charge in [0.05, 0.1) is 5.69 Å². The molecule has 0 fully saturated rings. The van der Waals surface area contributed by atoms with Crippen LogP contribution < -0.4 is 10.9 Å². The maximum atomic E-state index is 12.2. The number of carboxylic acid groups (broad SMARTS) is 1. The molecule has 0 saturated heterocycles. The summed E-state index contributed by atoms with van der Waals surface area (Å²) in [5.41, 5.74) is 2.31. The minimum Gasteiger partial charge on any atom is -0.506 e. The standard InChI is InChI=1S/C22H27N3O4/c1-6-15-18(24-20(27)17(19(15)26)21(28)29)12-7-8-16-13(9-12)10-14(25(16)5)11-23-22(2,3)4/h7-10,23H,6,11H2,1-5H3,(H,28,29)(H2,24,26,27). The van der Waals surface area contributed by atoms with Gasteiger partial charge in [-0.15, -0.1) is 0 Å². The lowest BCUT2D eigenvalue weighted by molar-refractivity contribution is 0.0691. The van der Waals surface area contributed by atoms with E-state index in [2.05, 4.69) is 41.7 Å². The molecule has 1 aromatic carbocycles. The Balaban J connectivity index is 2.12. The highest BCUT2D eigenvalue weighted by molar-refractivity contribution is 5.92. The molecule has 0 aliphatic rings. The Morgan fingerprint density at radius 2 is 1.93 bits per heavy atom. The van der Waals surface area contributed by atoms with Crippen molar-refractivity contribution in [1.82, 2.24) is 14.9 Å². The van der Waals surface area contributed by atoms with Gasteiger partial charge in [-0.1, -0.05) is 13.0 Å². The van der Waals surface area contributed by atoms with E-state index in [0.717, 1.165) is 28.7 Å². The largest absolute Gasteiger partial charge is 0.506 e. The molecule has 0 aliphatic heterocycles. The van der Waals surface area contributed by atoms with Crippen molar-refractivity contribution in [2.75, 3.05) is 0 Å². The van der Waals surface area contributed by atoms with Crippen molar-refractivity contribution in [2.45, 2.75) is 46.2 Å². The first-order chi connectivity index (χ1) is 13.5. The van der Waals surface area contributed by atoms with Gasteiger partial charge in [0.1, 0.15) is 5.75 Å². The van der Waals surface area contributed by atoms with Crippen LogP contribution in [0.4, 0.5) is 0 Å². The molecule has 154 valence electrons. The number of hydrogen-bond donors (Lipinski definition) is 4. The van der Waals surface area contributed by atoms with Crippen molar-refractivity contribution in [3.63, 3.8) is 0 Å². The average molecular weight is 397 g/mol. The normalized spacial score (nSPS) is 11.9. The molecule has 7 heteroatoms. The highest BCUT2D eigenvalue weighted by Crippen LogP contribution is 2.32. The minimum atomic E-state index is -1.44. The van der Waals surface area contributed by atoms with Crippen molar-refractivity contribution in [1.29, 1.82) is 0 Å². The molecule has 0 aliphatic carbocycles. The average Bonchev–Trinajstić information content (AvgIpc) is 2.94. The first-order valence-corrected chi connectivity index (χ1v) is 9.58. The van der Waals surface area contributed by atoms with Crippen LogP contribution in [-0.4, -0.2) is 31.3 Å². The lowest BCUT2D eigenvalue weighted by atomic mass is 9.99. The first kappa shape index (κ1) is 20.7. The van der Waals surface area contributed by atoms with Gasteiger partial charge in [-0.3, -0.25) is 4.79 Å². The second-order valence-electron chi connectivity index (χ2n) is 8.26. The van der Waals surface area contributed by atoms with Crippen LogP contribution in [0.1, 0.15) is 49.3 Å². The Kier molecular flexibility index (Phi) is 5.28. The maximum absolute atomic E-state index is 12.2. The molecule has 2 heterocycles. The Morgan fingerprint density at radius 3 is 2.52 bits per heavy atom. The van der Waals surface area contributed by atoms with Gasteiger partial charge in [0.2, 0.25) is 0 Å². The summed E-state index contributed by atoms with van der Waals surface area (Å²) in [6.07, 6.45) is 0.381. The van der Waals surface area contributed by atoms with Gasteiger partial charge < -0.3 is 25.1 Å². The fraction of sp³-hybridized carbons (Fsp3) is 0.364. The molecule has 7 nitrogen and oxygen atoms in total. The molecule has 2 aromatic heterocycles. The molecule has 0 spiro atoms. The smallest absolute Gasteiger partial charge is 0.345 e. The number of nitrogens with zero attached hydrogens (tertiary/aromatic N) is 1. The number of nitrogens with one attached hydrogen (secondary N) is 2. The molecule has 0 unspecified atom stereocenters. The summed E-state index contributed by atoms with van der Waals surface area (Å²) < 4.78 is 2.12. The van der Waals surface area contributed by atoms with Crippen molar-refractivity contribution in [2.24, 2.45) is 7.05 Å². The third kappa shape index (κ3) is 3.91. The zero-order chi connectivity index (χ0) is 21.5. The van der Waals surface area contributed by atoms with Gasteiger partial charge >= 0.3 is 5.97 Å². The number of aromatic hydroxyl groups is 1. The van der Waals surface area contributed by atoms with Gasteiger partial charge in [-0.25, -0.2) is 4.79 Å². The van der Waals surface area contributed by atoms with E-state index >= 15 is 0 Å². The van der Waals surface area contributed by atoms with Gasteiger partial charge in [0.25, 0.3) is 5.56 Å². The van der Waals surface area contributed by atoms with Crippen LogP contribution in [0.2, 0.25) is 0 Å². The predicted molar refractivity (Wildman–Crippen MR) is 114 cm³/mol. The topological polar surface area (TPSA) is 107 Å². The summed E-state index contributed by atoms with van der Waals surface area (Å²) in [6.45, 7) is 8.87. The van der Waals surface area contributed by atoms with Crippen molar-refractivity contribution in [3.8, 4) is 17.0 Å². The Hall–Kier alpha value is -3.06. The molecule has 0 radical (unpaired) electrons. The van der Waals surface area contributed by atoms with E-state index in [1.165, 1.54) is 0 Å². The second kappa shape index (κ2) is 7.40. The van der Waals surface area contributed by atoms with Gasteiger partial charge in [0, 0.05) is 41.3 Å². The predicted octanol–water partition coefficient (Wildman–Crippen LogP) is 3.39. The van der Waals surface area contributed by atoms with Crippen LogP contribution in [0.15, 0.2) is 29.1 Å². The number of H-pyrrole nitrogens is 1. The van der Waals surface area contributed by atoms with E-state index in [1.807, 2.05) is 25.2 Å². The second-order valence-corrected chi connectivity index (χ2v) is 8.26.